The Morgan fingerprint density at radius 3 is 2.68 bits per heavy atom. The van der Waals surface area contributed by atoms with Gasteiger partial charge in [0.25, 0.3) is 0 Å². The van der Waals surface area contributed by atoms with Crippen LogP contribution in [-0.2, 0) is 11.0 Å². The van der Waals surface area contributed by atoms with Gasteiger partial charge in [0, 0.05) is 38.9 Å². The monoisotopic (exact) mass is 431 g/mol. The minimum atomic E-state index is -4.38. The Hall–Kier alpha value is -2.78. The van der Waals surface area contributed by atoms with Gasteiger partial charge < -0.3 is 10.2 Å². The summed E-state index contributed by atoms with van der Waals surface area (Å²) in [6.07, 6.45) is 1.10. The van der Waals surface area contributed by atoms with Crippen molar-refractivity contribution in [2.45, 2.75) is 18.6 Å². The largest absolute Gasteiger partial charge is 0.416 e. The summed E-state index contributed by atoms with van der Waals surface area (Å²) in [5, 5.41) is 3.19. The van der Waals surface area contributed by atoms with E-state index >= 15 is 0 Å². The standard InChI is InChI=1S/C22H24F3N5O/c23-22(24,25)18-3-1-2-16(12-18)17-4-7-27-19(13-17)20(31)14-29-8-10-30(11-9-29)21-5-6-26-15-28-21/h1-6,12,15,19,27H,7-11,13-14H2. The SMILES string of the molecule is O=C(CN1CCN(c2ccncn2)CC1)C1CC(c2cccc(C(F)(F)F)c2)=CCN1. The molecule has 1 N–H and O–H groups in total. The van der Waals surface area contributed by atoms with Crippen LogP contribution in [0.4, 0.5) is 19.0 Å². The third kappa shape index (κ3) is 5.29. The fourth-order valence-corrected chi connectivity index (χ4v) is 3.99. The second-order valence-electron chi connectivity index (χ2n) is 7.77. The summed E-state index contributed by atoms with van der Waals surface area (Å²) in [6.45, 7) is 3.84. The van der Waals surface area contributed by atoms with Gasteiger partial charge in [-0.1, -0.05) is 18.2 Å². The van der Waals surface area contributed by atoms with Crippen LogP contribution in [0.2, 0.25) is 0 Å². The molecule has 1 aromatic carbocycles. The number of carbonyl (C=O) groups is 1. The highest BCUT2D eigenvalue weighted by molar-refractivity contribution is 5.88. The number of hydrogen-bond donors (Lipinski definition) is 1. The lowest BCUT2D eigenvalue weighted by atomic mass is 9.92. The molecule has 2 aliphatic rings. The molecule has 1 saturated heterocycles. The molecule has 1 aromatic heterocycles. The average molecular weight is 431 g/mol. The first-order valence-corrected chi connectivity index (χ1v) is 10.3. The summed E-state index contributed by atoms with van der Waals surface area (Å²) < 4.78 is 39.1. The third-order valence-electron chi connectivity index (χ3n) is 5.73. The molecule has 2 aliphatic heterocycles. The number of aromatic nitrogens is 2. The number of ketones is 1. The van der Waals surface area contributed by atoms with E-state index in [1.807, 2.05) is 12.1 Å². The molecule has 1 unspecified atom stereocenters. The lowest BCUT2D eigenvalue weighted by Crippen LogP contribution is -2.51. The van der Waals surface area contributed by atoms with Gasteiger partial charge in [-0.15, -0.1) is 0 Å². The Morgan fingerprint density at radius 2 is 1.97 bits per heavy atom. The van der Waals surface area contributed by atoms with E-state index in [9.17, 15) is 18.0 Å². The summed E-state index contributed by atoms with van der Waals surface area (Å²) in [4.78, 5) is 25.3. The number of rotatable bonds is 5. The molecule has 0 aliphatic carbocycles. The Labute approximate surface area is 178 Å². The van der Waals surface area contributed by atoms with Crippen molar-refractivity contribution in [3.8, 4) is 0 Å². The molecule has 2 aromatic rings. The van der Waals surface area contributed by atoms with Crippen LogP contribution in [-0.4, -0.2) is 66.0 Å². The van der Waals surface area contributed by atoms with E-state index in [-0.39, 0.29) is 5.78 Å². The van der Waals surface area contributed by atoms with Crippen LogP contribution in [0.1, 0.15) is 17.5 Å². The van der Waals surface area contributed by atoms with Gasteiger partial charge in [0.1, 0.15) is 12.1 Å². The molecule has 0 saturated carbocycles. The first-order chi connectivity index (χ1) is 14.9. The number of hydrogen-bond acceptors (Lipinski definition) is 6. The second kappa shape index (κ2) is 9.15. The van der Waals surface area contributed by atoms with Gasteiger partial charge in [0.05, 0.1) is 18.2 Å². The van der Waals surface area contributed by atoms with Crippen LogP contribution in [0.3, 0.4) is 0 Å². The van der Waals surface area contributed by atoms with Crippen molar-refractivity contribution in [1.29, 1.82) is 0 Å². The number of alkyl halides is 3. The Bertz CT molecular complexity index is 940. The summed E-state index contributed by atoms with van der Waals surface area (Å²) in [6, 6.07) is 6.78. The fraction of sp³-hybridized carbons (Fsp3) is 0.409. The molecular formula is C22H24F3N5O. The van der Waals surface area contributed by atoms with E-state index in [0.717, 1.165) is 49.7 Å². The van der Waals surface area contributed by atoms with Gasteiger partial charge >= 0.3 is 6.18 Å². The highest BCUT2D eigenvalue weighted by atomic mass is 19.4. The normalized spacial score (nSPS) is 20.4. The lowest BCUT2D eigenvalue weighted by Gasteiger charge is -2.35. The maximum absolute atomic E-state index is 13.0. The molecule has 3 heterocycles. The van der Waals surface area contributed by atoms with Gasteiger partial charge in [-0.2, -0.15) is 13.2 Å². The Balaban J connectivity index is 1.33. The summed E-state index contributed by atoms with van der Waals surface area (Å²) in [7, 11) is 0. The van der Waals surface area contributed by atoms with Crippen molar-refractivity contribution >= 4 is 17.2 Å². The number of anilines is 1. The van der Waals surface area contributed by atoms with E-state index in [2.05, 4.69) is 25.1 Å². The van der Waals surface area contributed by atoms with E-state index in [1.54, 1.807) is 12.3 Å². The molecule has 31 heavy (non-hydrogen) atoms. The zero-order valence-electron chi connectivity index (χ0n) is 17.0. The molecule has 1 fully saturated rings. The van der Waals surface area contributed by atoms with E-state index in [4.69, 9.17) is 0 Å². The van der Waals surface area contributed by atoms with Crippen LogP contribution in [0.25, 0.3) is 5.57 Å². The molecule has 6 nitrogen and oxygen atoms in total. The van der Waals surface area contributed by atoms with Crippen LogP contribution in [0.15, 0.2) is 48.9 Å². The number of piperazine rings is 1. The summed E-state index contributed by atoms with van der Waals surface area (Å²) in [5.74, 6) is 0.943. The van der Waals surface area contributed by atoms with Crippen molar-refractivity contribution in [2.24, 2.45) is 0 Å². The smallest absolute Gasteiger partial charge is 0.354 e. The first kappa shape index (κ1) is 21.5. The molecule has 1 atom stereocenters. The first-order valence-electron chi connectivity index (χ1n) is 10.3. The van der Waals surface area contributed by atoms with E-state index in [1.165, 1.54) is 12.4 Å². The predicted octanol–water partition coefficient (Wildman–Crippen LogP) is 2.63. The number of Topliss-reactive ketones (excluding diaryl/α,β-unsaturated/α-hetero) is 1. The summed E-state index contributed by atoms with van der Waals surface area (Å²) >= 11 is 0. The molecule has 0 amide bonds. The Kier molecular flexibility index (Phi) is 6.33. The molecular weight excluding hydrogens is 407 g/mol. The van der Waals surface area contributed by atoms with Crippen molar-refractivity contribution in [1.82, 2.24) is 20.2 Å². The van der Waals surface area contributed by atoms with Gasteiger partial charge in [-0.25, -0.2) is 9.97 Å². The quantitative estimate of drug-likeness (QED) is 0.786. The third-order valence-corrected chi connectivity index (χ3v) is 5.73. The number of nitrogens with zero attached hydrogens (tertiary/aromatic N) is 4. The number of halogens is 3. The van der Waals surface area contributed by atoms with Gasteiger partial charge in [0.15, 0.2) is 5.78 Å². The molecule has 0 bridgehead atoms. The van der Waals surface area contributed by atoms with Gasteiger partial charge in [0.2, 0.25) is 0 Å². The van der Waals surface area contributed by atoms with E-state index < -0.39 is 17.8 Å². The average Bonchev–Trinajstić information content (AvgIpc) is 2.80. The highest BCUT2D eigenvalue weighted by Crippen LogP contribution is 2.32. The van der Waals surface area contributed by atoms with Crippen molar-refractivity contribution in [3.05, 3.63) is 60.1 Å². The molecule has 164 valence electrons. The maximum Gasteiger partial charge on any atom is 0.416 e. The minimum Gasteiger partial charge on any atom is -0.354 e. The lowest BCUT2D eigenvalue weighted by molar-refractivity contribution is -0.137. The molecule has 0 spiro atoms. The fourth-order valence-electron chi connectivity index (χ4n) is 3.99. The van der Waals surface area contributed by atoms with Crippen LogP contribution in [0.5, 0.6) is 0 Å². The van der Waals surface area contributed by atoms with E-state index in [0.29, 0.717) is 25.1 Å². The minimum absolute atomic E-state index is 0.0630. The van der Waals surface area contributed by atoms with Crippen LogP contribution in [0, 0.1) is 0 Å². The second-order valence-corrected chi connectivity index (χ2v) is 7.77. The highest BCUT2D eigenvalue weighted by Gasteiger charge is 2.31. The van der Waals surface area contributed by atoms with Gasteiger partial charge in [-0.05, 0) is 35.8 Å². The van der Waals surface area contributed by atoms with Crippen LogP contribution >= 0.6 is 0 Å². The molecule has 4 rings (SSSR count). The number of nitrogens with one attached hydrogen (secondary N) is 1. The number of benzene rings is 1. The van der Waals surface area contributed by atoms with Crippen molar-refractivity contribution in [2.75, 3.05) is 44.2 Å². The predicted molar refractivity (Wildman–Crippen MR) is 112 cm³/mol. The topological polar surface area (TPSA) is 61.4 Å². The zero-order valence-corrected chi connectivity index (χ0v) is 17.0. The van der Waals surface area contributed by atoms with Crippen LogP contribution < -0.4 is 10.2 Å². The van der Waals surface area contributed by atoms with Crippen molar-refractivity contribution < 1.29 is 18.0 Å². The molecule has 9 heteroatoms. The maximum atomic E-state index is 13.0. The zero-order chi connectivity index (χ0) is 21.8. The molecule has 0 radical (unpaired) electrons. The Morgan fingerprint density at radius 1 is 1.16 bits per heavy atom. The number of carbonyl (C=O) groups excluding carboxylic acids is 1. The van der Waals surface area contributed by atoms with Crippen molar-refractivity contribution in [3.63, 3.8) is 0 Å². The van der Waals surface area contributed by atoms with Gasteiger partial charge in [-0.3, -0.25) is 9.69 Å². The summed E-state index contributed by atoms with van der Waals surface area (Å²) in [5.41, 5.74) is 0.623.